The first kappa shape index (κ1) is 10.8. The van der Waals surface area contributed by atoms with Crippen molar-refractivity contribution < 1.29 is 9.53 Å². The predicted octanol–water partition coefficient (Wildman–Crippen LogP) is 0.341. The van der Waals surface area contributed by atoms with Crippen molar-refractivity contribution in [3.8, 4) is 5.75 Å². The fraction of sp³-hybridized carbons (Fsp3) is 0.364. The van der Waals surface area contributed by atoms with E-state index >= 15 is 0 Å². The average molecular weight is 221 g/mol. The first-order valence-electron chi connectivity index (χ1n) is 5.18. The van der Waals surface area contributed by atoms with Crippen LogP contribution < -0.4 is 21.1 Å². The van der Waals surface area contributed by atoms with Gasteiger partial charge in [-0.2, -0.15) is 0 Å². The van der Waals surface area contributed by atoms with Gasteiger partial charge in [0.05, 0.1) is 5.69 Å². The summed E-state index contributed by atoms with van der Waals surface area (Å²) in [4.78, 5) is 13.4. The molecule has 1 heterocycles. The number of carbonyl (C=O) groups is 1. The monoisotopic (exact) mass is 221 g/mol. The Labute approximate surface area is 94.0 Å². The Balaban J connectivity index is 2.46. The van der Waals surface area contributed by atoms with Crippen molar-refractivity contribution in [1.29, 1.82) is 0 Å². The number of hydrogen-bond donors (Lipinski definition) is 2. The van der Waals surface area contributed by atoms with Crippen LogP contribution >= 0.6 is 0 Å². The minimum Gasteiger partial charge on any atom is -0.482 e. The number of benzene rings is 1. The number of amides is 1. The first-order valence-corrected chi connectivity index (χ1v) is 5.18. The van der Waals surface area contributed by atoms with Crippen LogP contribution in [0, 0.1) is 0 Å². The zero-order chi connectivity index (χ0) is 11.7. The summed E-state index contributed by atoms with van der Waals surface area (Å²) in [7, 11) is 0. The molecule has 86 valence electrons. The molecule has 0 saturated heterocycles. The second-order valence-electron chi connectivity index (χ2n) is 3.86. The van der Waals surface area contributed by atoms with E-state index in [1.54, 1.807) is 23.1 Å². The van der Waals surface area contributed by atoms with Crippen molar-refractivity contribution in [3.05, 3.63) is 18.2 Å². The molecule has 0 radical (unpaired) electrons. The van der Waals surface area contributed by atoms with Crippen molar-refractivity contribution in [3.63, 3.8) is 0 Å². The summed E-state index contributed by atoms with van der Waals surface area (Å²) in [5, 5.41) is 0. The highest BCUT2D eigenvalue weighted by molar-refractivity contribution is 5.98. The molecule has 1 unspecified atom stereocenters. The predicted molar refractivity (Wildman–Crippen MR) is 62.4 cm³/mol. The van der Waals surface area contributed by atoms with Gasteiger partial charge < -0.3 is 21.1 Å². The quantitative estimate of drug-likeness (QED) is 0.706. The summed E-state index contributed by atoms with van der Waals surface area (Å²) in [5.74, 6) is 0.588. The number of anilines is 2. The van der Waals surface area contributed by atoms with Gasteiger partial charge in [-0.05, 0) is 25.1 Å². The number of carbonyl (C=O) groups excluding carboxylic acids is 1. The van der Waals surface area contributed by atoms with Gasteiger partial charge in [-0.3, -0.25) is 4.79 Å². The number of fused-ring (bicyclic) bond motifs is 1. The van der Waals surface area contributed by atoms with Crippen LogP contribution in [-0.4, -0.2) is 25.1 Å². The Kier molecular flexibility index (Phi) is 2.70. The SMILES string of the molecule is CC(CN)N1C(=O)COc2ccc(N)cc21. The summed E-state index contributed by atoms with van der Waals surface area (Å²) in [6.45, 7) is 2.36. The summed E-state index contributed by atoms with van der Waals surface area (Å²) < 4.78 is 5.33. The van der Waals surface area contributed by atoms with E-state index in [-0.39, 0.29) is 18.6 Å². The number of nitrogens with zero attached hydrogens (tertiary/aromatic N) is 1. The second kappa shape index (κ2) is 4.02. The Morgan fingerprint density at radius 3 is 3.00 bits per heavy atom. The van der Waals surface area contributed by atoms with Crippen LogP contribution in [0.25, 0.3) is 0 Å². The topological polar surface area (TPSA) is 81.6 Å². The fourth-order valence-electron chi connectivity index (χ4n) is 1.78. The zero-order valence-corrected chi connectivity index (χ0v) is 9.14. The Morgan fingerprint density at radius 2 is 2.31 bits per heavy atom. The number of ether oxygens (including phenoxy) is 1. The smallest absolute Gasteiger partial charge is 0.265 e. The minimum atomic E-state index is -0.0870. The molecule has 0 aromatic heterocycles. The molecule has 5 nitrogen and oxygen atoms in total. The van der Waals surface area contributed by atoms with Crippen molar-refractivity contribution in [2.24, 2.45) is 5.73 Å². The lowest BCUT2D eigenvalue weighted by Gasteiger charge is -2.33. The number of hydrogen-bond acceptors (Lipinski definition) is 4. The average Bonchev–Trinajstić information content (AvgIpc) is 2.28. The molecule has 1 atom stereocenters. The molecule has 1 aliphatic rings. The number of rotatable bonds is 2. The van der Waals surface area contributed by atoms with Gasteiger partial charge in [-0.25, -0.2) is 0 Å². The van der Waals surface area contributed by atoms with Gasteiger partial charge in [-0.1, -0.05) is 0 Å². The first-order chi connectivity index (χ1) is 7.63. The lowest BCUT2D eigenvalue weighted by molar-refractivity contribution is -0.121. The van der Waals surface area contributed by atoms with E-state index in [2.05, 4.69) is 0 Å². The molecule has 1 aromatic carbocycles. The van der Waals surface area contributed by atoms with Gasteiger partial charge >= 0.3 is 0 Å². The van der Waals surface area contributed by atoms with E-state index in [0.29, 0.717) is 23.7 Å². The highest BCUT2D eigenvalue weighted by Crippen LogP contribution is 2.34. The Bertz CT molecular complexity index is 420. The molecule has 16 heavy (non-hydrogen) atoms. The fourth-order valence-corrected chi connectivity index (χ4v) is 1.78. The molecular formula is C11H15N3O2. The van der Waals surface area contributed by atoms with Gasteiger partial charge in [0.1, 0.15) is 5.75 Å². The molecule has 0 aliphatic carbocycles. The maximum atomic E-state index is 11.8. The summed E-state index contributed by atoms with van der Waals surface area (Å²) >= 11 is 0. The number of nitrogen functional groups attached to an aromatic ring is 1. The van der Waals surface area contributed by atoms with Gasteiger partial charge in [0.25, 0.3) is 5.91 Å². The lowest BCUT2D eigenvalue weighted by atomic mass is 10.1. The van der Waals surface area contributed by atoms with Crippen LogP contribution in [0.2, 0.25) is 0 Å². The molecule has 1 aliphatic heterocycles. The Hall–Kier alpha value is -1.75. The van der Waals surface area contributed by atoms with Gasteiger partial charge in [0.2, 0.25) is 0 Å². The summed E-state index contributed by atoms with van der Waals surface area (Å²) in [6.07, 6.45) is 0. The molecule has 2 rings (SSSR count). The molecule has 0 spiro atoms. The molecule has 4 N–H and O–H groups in total. The summed E-state index contributed by atoms with van der Waals surface area (Å²) in [6, 6.07) is 5.20. The van der Waals surface area contributed by atoms with Crippen LogP contribution in [0.15, 0.2) is 18.2 Å². The molecule has 1 amide bonds. The highest BCUT2D eigenvalue weighted by atomic mass is 16.5. The van der Waals surface area contributed by atoms with Gasteiger partial charge in [-0.15, -0.1) is 0 Å². The normalized spacial score (nSPS) is 16.6. The molecule has 0 saturated carbocycles. The summed E-state index contributed by atoms with van der Waals surface area (Å²) in [5.41, 5.74) is 12.6. The van der Waals surface area contributed by atoms with Crippen molar-refractivity contribution in [2.75, 3.05) is 23.8 Å². The van der Waals surface area contributed by atoms with E-state index in [1.807, 2.05) is 6.92 Å². The van der Waals surface area contributed by atoms with E-state index < -0.39 is 0 Å². The van der Waals surface area contributed by atoms with Crippen molar-refractivity contribution >= 4 is 17.3 Å². The number of nitrogens with two attached hydrogens (primary N) is 2. The third kappa shape index (κ3) is 1.69. The van der Waals surface area contributed by atoms with Crippen molar-refractivity contribution in [2.45, 2.75) is 13.0 Å². The van der Waals surface area contributed by atoms with Crippen LogP contribution in [0.5, 0.6) is 5.75 Å². The molecule has 0 fully saturated rings. The maximum Gasteiger partial charge on any atom is 0.265 e. The molecule has 0 bridgehead atoms. The van der Waals surface area contributed by atoms with E-state index in [1.165, 1.54) is 0 Å². The Morgan fingerprint density at radius 1 is 1.56 bits per heavy atom. The van der Waals surface area contributed by atoms with Gasteiger partial charge in [0, 0.05) is 18.3 Å². The van der Waals surface area contributed by atoms with Crippen LogP contribution in [0.3, 0.4) is 0 Å². The van der Waals surface area contributed by atoms with E-state index in [4.69, 9.17) is 16.2 Å². The zero-order valence-electron chi connectivity index (χ0n) is 9.14. The maximum absolute atomic E-state index is 11.8. The highest BCUT2D eigenvalue weighted by Gasteiger charge is 2.28. The van der Waals surface area contributed by atoms with E-state index in [0.717, 1.165) is 0 Å². The molecular weight excluding hydrogens is 206 g/mol. The largest absolute Gasteiger partial charge is 0.482 e. The van der Waals surface area contributed by atoms with Crippen LogP contribution in [0.1, 0.15) is 6.92 Å². The molecule has 1 aromatic rings. The molecule has 5 heteroatoms. The van der Waals surface area contributed by atoms with Crippen LogP contribution in [-0.2, 0) is 4.79 Å². The standard InChI is InChI=1S/C11H15N3O2/c1-7(5-12)14-9-4-8(13)2-3-10(9)16-6-11(14)15/h2-4,7H,5-6,12-13H2,1H3. The lowest BCUT2D eigenvalue weighted by Crippen LogP contribution is -2.47. The van der Waals surface area contributed by atoms with Gasteiger partial charge in [0.15, 0.2) is 6.61 Å². The third-order valence-electron chi connectivity index (χ3n) is 2.64. The van der Waals surface area contributed by atoms with Crippen LogP contribution in [0.4, 0.5) is 11.4 Å². The van der Waals surface area contributed by atoms with E-state index in [9.17, 15) is 4.79 Å². The minimum absolute atomic E-state index is 0.0568. The third-order valence-corrected chi connectivity index (χ3v) is 2.64. The van der Waals surface area contributed by atoms with Crippen molar-refractivity contribution in [1.82, 2.24) is 0 Å². The second-order valence-corrected chi connectivity index (χ2v) is 3.86.